The molecule has 0 aromatic heterocycles. The highest BCUT2D eigenvalue weighted by molar-refractivity contribution is 5.58. The van der Waals surface area contributed by atoms with Crippen LogP contribution in [0.1, 0.15) is 44.1 Å². The number of hydrogen-bond donors (Lipinski definition) is 1. The molecule has 0 amide bonds. The number of nitrogens with one attached hydrogen (secondary N) is 1. The second-order valence-corrected chi connectivity index (χ2v) is 6.70. The lowest BCUT2D eigenvalue weighted by molar-refractivity contribution is 0.298. The molecule has 1 spiro atoms. The molecular formula is C20H23NO. The molecule has 2 heteroatoms. The van der Waals surface area contributed by atoms with Crippen LogP contribution in [0.15, 0.2) is 48.5 Å². The van der Waals surface area contributed by atoms with E-state index in [4.69, 9.17) is 4.74 Å². The first-order valence-electron chi connectivity index (χ1n) is 8.47. The van der Waals surface area contributed by atoms with Crippen LogP contribution in [-0.4, -0.2) is 5.54 Å². The molecule has 1 aliphatic heterocycles. The SMILES string of the molecule is c1ccc(Oc2ccc3c(c2)CCC2(CCCCC2)N3)cc1. The molecule has 22 heavy (non-hydrogen) atoms. The summed E-state index contributed by atoms with van der Waals surface area (Å²) in [7, 11) is 0. The van der Waals surface area contributed by atoms with Gasteiger partial charge in [0.15, 0.2) is 0 Å². The minimum Gasteiger partial charge on any atom is -0.457 e. The number of rotatable bonds is 2. The van der Waals surface area contributed by atoms with Crippen molar-refractivity contribution in [2.24, 2.45) is 0 Å². The normalized spacial score (nSPS) is 19.3. The van der Waals surface area contributed by atoms with Crippen LogP contribution in [0.25, 0.3) is 0 Å². The molecule has 114 valence electrons. The van der Waals surface area contributed by atoms with Crippen molar-refractivity contribution in [1.29, 1.82) is 0 Å². The number of benzene rings is 2. The Kier molecular flexibility index (Phi) is 3.53. The Morgan fingerprint density at radius 1 is 0.818 bits per heavy atom. The largest absolute Gasteiger partial charge is 0.457 e. The van der Waals surface area contributed by atoms with Gasteiger partial charge in [-0.3, -0.25) is 0 Å². The maximum atomic E-state index is 5.95. The van der Waals surface area contributed by atoms with Crippen molar-refractivity contribution in [2.75, 3.05) is 5.32 Å². The highest BCUT2D eigenvalue weighted by Crippen LogP contribution is 2.41. The monoisotopic (exact) mass is 293 g/mol. The topological polar surface area (TPSA) is 21.3 Å². The first-order valence-corrected chi connectivity index (χ1v) is 8.47. The molecule has 2 aromatic rings. The quantitative estimate of drug-likeness (QED) is 0.785. The highest BCUT2D eigenvalue weighted by Gasteiger charge is 2.34. The Morgan fingerprint density at radius 3 is 2.45 bits per heavy atom. The van der Waals surface area contributed by atoms with Gasteiger partial charge < -0.3 is 10.1 Å². The zero-order valence-corrected chi connectivity index (χ0v) is 13.0. The lowest BCUT2D eigenvalue weighted by atomic mass is 9.75. The summed E-state index contributed by atoms with van der Waals surface area (Å²) in [5.41, 5.74) is 3.07. The van der Waals surface area contributed by atoms with E-state index in [0.717, 1.165) is 17.9 Å². The van der Waals surface area contributed by atoms with Crippen molar-refractivity contribution < 1.29 is 4.74 Å². The zero-order chi connectivity index (χ0) is 14.8. The van der Waals surface area contributed by atoms with Crippen molar-refractivity contribution in [3.8, 4) is 11.5 Å². The van der Waals surface area contributed by atoms with E-state index in [0.29, 0.717) is 5.54 Å². The molecule has 2 aliphatic rings. The van der Waals surface area contributed by atoms with Crippen LogP contribution in [0, 0.1) is 0 Å². The van der Waals surface area contributed by atoms with Crippen LogP contribution in [0.3, 0.4) is 0 Å². The fraction of sp³-hybridized carbons (Fsp3) is 0.400. The minimum absolute atomic E-state index is 0.368. The Balaban J connectivity index is 1.53. The van der Waals surface area contributed by atoms with E-state index in [1.54, 1.807) is 0 Å². The van der Waals surface area contributed by atoms with Gasteiger partial charge in [0, 0.05) is 11.2 Å². The van der Waals surface area contributed by atoms with Crippen LogP contribution in [0.5, 0.6) is 11.5 Å². The third-order valence-corrected chi connectivity index (χ3v) is 5.14. The second kappa shape index (κ2) is 5.68. The Labute approximate surface area is 132 Å². The van der Waals surface area contributed by atoms with Crippen LogP contribution in [-0.2, 0) is 6.42 Å². The number of para-hydroxylation sites is 1. The molecule has 2 nitrogen and oxygen atoms in total. The lowest BCUT2D eigenvalue weighted by Gasteiger charge is -2.43. The first-order chi connectivity index (χ1) is 10.8. The molecule has 1 saturated carbocycles. The number of fused-ring (bicyclic) bond motifs is 1. The molecule has 4 rings (SSSR count). The predicted molar refractivity (Wildman–Crippen MR) is 90.7 cm³/mol. The summed E-state index contributed by atoms with van der Waals surface area (Å²) >= 11 is 0. The van der Waals surface area contributed by atoms with E-state index >= 15 is 0 Å². The number of hydrogen-bond acceptors (Lipinski definition) is 2. The van der Waals surface area contributed by atoms with Crippen molar-refractivity contribution in [2.45, 2.75) is 50.5 Å². The summed E-state index contributed by atoms with van der Waals surface area (Å²) < 4.78 is 5.95. The van der Waals surface area contributed by atoms with Crippen LogP contribution < -0.4 is 10.1 Å². The van der Waals surface area contributed by atoms with Gasteiger partial charge in [0.1, 0.15) is 11.5 Å². The van der Waals surface area contributed by atoms with Gasteiger partial charge in [-0.05, 0) is 61.6 Å². The van der Waals surface area contributed by atoms with Gasteiger partial charge in [-0.15, -0.1) is 0 Å². The van der Waals surface area contributed by atoms with E-state index in [1.165, 1.54) is 49.8 Å². The molecule has 0 saturated heterocycles. The highest BCUT2D eigenvalue weighted by atomic mass is 16.5. The Bertz CT molecular complexity index is 644. The number of ether oxygens (including phenoxy) is 1. The van der Waals surface area contributed by atoms with Crippen molar-refractivity contribution in [3.05, 3.63) is 54.1 Å². The fourth-order valence-electron chi connectivity index (χ4n) is 3.91. The average Bonchev–Trinajstić information content (AvgIpc) is 2.57. The molecule has 1 aliphatic carbocycles. The van der Waals surface area contributed by atoms with Gasteiger partial charge in [-0.25, -0.2) is 0 Å². The van der Waals surface area contributed by atoms with Gasteiger partial charge in [0.25, 0.3) is 0 Å². The molecule has 0 radical (unpaired) electrons. The van der Waals surface area contributed by atoms with E-state index < -0.39 is 0 Å². The van der Waals surface area contributed by atoms with Gasteiger partial charge in [0.05, 0.1) is 0 Å². The van der Waals surface area contributed by atoms with Crippen molar-refractivity contribution >= 4 is 5.69 Å². The molecule has 1 fully saturated rings. The fourth-order valence-corrected chi connectivity index (χ4v) is 3.91. The van der Waals surface area contributed by atoms with Crippen molar-refractivity contribution in [1.82, 2.24) is 0 Å². The minimum atomic E-state index is 0.368. The summed E-state index contributed by atoms with van der Waals surface area (Å²) in [5.74, 6) is 1.83. The van der Waals surface area contributed by atoms with E-state index in [2.05, 4.69) is 23.5 Å². The third-order valence-electron chi connectivity index (χ3n) is 5.14. The standard InChI is InChI=1S/C20H23NO/c1-3-7-17(8-4-1)22-18-9-10-19-16(15-18)11-14-20(21-19)12-5-2-6-13-20/h1,3-4,7-10,15,21H,2,5-6,11-14H2. The summed E-state index contributed by atoms with van der Waals surface area (Å²) in [5, 5.41) is 3.85. The predicted octanol–water partition coefficient (Wildman–Crippen LogP) is 5.54. The van der Waals surface area contributed by atoms with Gasteiger partial charge in [-0.1, -0.05) is 37.5 Å². The number of anilines is 1. The second-order valence-electron chi connectivity index (χ2n) is 6.70. The molecule has 1 heterocycles. The maximum absolute atomic E-state index is 5.95. The smallest absolute Gasteiger partial charge is 0.127 e. The molecular weight excluding hydrogens is 270 g/mol. The van der Waals surface area contributed by atoms with Gasteiger partial charge in [0.2, 0.25) is 0 Å². The Morgan fingerprint density at radius 2 is 1.64 bits per heavy atom. The molecule has 2 aromatic carbocycles. The van der Waals surface area contributed by atoms with Gasteiger partial charge >= 0.3 is 0 Å². The average molecular weight is 293 g/mol. The molecule has 0 atom stereocenters. The summed E-state index contributed by atoms with van der Waals surface area (Å²) in [4.78, 5) is 0. The van der Waals surface area contributed by atoms with E-state index in [-0.39, 0.29) is 0 Å². The lowest BCUT2D eigenvalue weighted by Crippen LogP contribution is -2.43. The van der Waals surface area contributed by atoms with E-state index in [1.807, 2.05) is 30.3 Å². The maximum Gasteiger partial charge on any atom is 0.127 e. The first kappa shape index (κ1) is 13.7. The molecule has 0 bridgehead atoms. The zero-order valence-electron chi connectivity index (χ0n) is 13.0. The van der Waals surface area contributed by atoms with E-state index in [9.17, 15) is 0 Å². The third kappa shape index (κ3) is 2.70. The Hall–Kier alpha value is -1.96. The van der Waals surface area contributed by atoms with Crippen LogP contribution >= 0.6 is 0 Å². The van der Waals surface area contributed by atoms with Crippen LogP contribution in [0.2, 0.25) is 0 Å². The number of aryl methyl sites for hydroxylation is 1. The van der Waals surface area contributed by atoms with Crippen LogP contribution in [0.4, 0.5) is 5.69 Å². The van der Waals surface area contributed by atoms with Crippen molar-refractivity contribution in [3.63, 3.8) is 0 Å². The summed E-state index contributed by atoms with van der Waals surface area (Å²) in [6.45, 7) is 0. The molecule has 0 unspecified atom stereocenters. The summed E-state index contributed by atoms with van der Waals surface area (Å²) in [6.07, 6.45) is 9.22. The molecule has 1 N–H and O–H groups in total. The summed E-state index contributed by atoms with van der Waals surface area (Å²) in [6, 6.07) is 16.5. The van der Waals surface area contributed by atoms with Gasteiger partial charge in [-0.2, -0.15) is 0 Å².